The zero-order valence-corrected chi connectivity index (χ0v) is 20.7. The molecule has 2 aliphatic rings. The number of carbonyl (C=O) groups is 1. The molecule has 0 aliphatic carbocycles. The fourth-order valence-corrected chi connectivity index (χ4v) is 5.11. The van der Waals surface area contributed by atoms with Crippen molar-refractivity contribution < 1.29 is 18.3 Å². The van der Waals surface area contributed by atoms with Crippen LogP contribution in [-0.4, -0.2) is 70.2 Å². The van der Waals surface area contributed by atoms with E-state index in [0.29, 0.717) is 50.3 Å². The minimum atomic E-state index is -0.785. The fraction of sp³-hybridized carbons (Fsp3) is 0.423. The minimum absolute atomic E-state index is 0.0511. The second-order valence-corrected chi connectivity index (χ2v) is 9.39. The summed E-state index contributed by atoms with van der Waals surface area (Å²) >= 11 is 0. The van der Waals surface area contributed by atoms with Crippen molar-refractivity contribution in [2.24, 2.45) is 0 Å². The number of pyridine rings is 1. The van der Waals surface area contributed by atoms with E-state index in [2.05, 4.69) is 26.3 Å². The number of methoxy groups -OCH3 is 1. The van der Waals surface area contributed by atoms with Crippen LogP contribution >= 0.6 is 0 Å². The standard InChI is InChI=1S/C26H30F2N6O2/c1-16(18-10-23(36-3)24(28)31-11-18)34-6-4-21-19(13-32-14-20(27)15-32)8-17(9-22(21)25(34)35)12-33-7-5-30-26(33)29-2/h5,7-11,16,20H,4,6,12-15H2,1-3H3,(H,29,30)/t16-/m0/s1. The van der Waals surface area contributed by atoms with Crippen molar-refractivity contribution in [3.63, 3.8) is 0 Å². The van der Waals surface area contributed by atoms with Crippen molar-refractivity contribution in [1.82, 2.24) is 24.3 Å². The Morgan fingerprint density at radius 2 is 2.03 bits per heavy atom. The number of fused-ring (bicyclic) bond motifs is 1. The molecule has 8 nitrogen and oxygen atoms in total. The molecular formula is C26H30F2N6O2. The summed E-state index contributed by atoms with van der Waals surface area (Å²) in [5.74, 6) is 0.0216. The Hall–Kier alpha value is -3.53. The van der Waals surface area contributed by atoms with Crippen LogP contribution in [0.3, 0.4) is 0 Å². The second-order valence-electron chi connectivity index (χ2n) is 9.39. The molecular weight excluding hydrogens is 466 g/mol. The van der Waals surface area contributed by atoms with Crippen LogP contribution in [0.1, 0.15) is 45.6 Å². The summed E-state index contributed by atoms with van der Waals surface area (Å²) in [5, 5.41) is 3.07. The Morgan fingerprint density at radius 3 is 2.75 bits per heavy atom. The lowest BCUT2D eigenvalue weighted by atomic mass is 9.89. The quantitative estimate of drug-likeness (QED) is 0.482. The second kappa shape index (κ2) is 9.85. The highest BCUT2D eigenvalue weighted by molar-refractivity contribution is 5.97. The minimum Gasteiger partial charge on any atom is -0.492 e. The topological polar surface area (TPSA) is 75.5 Å². The highest BCUT2D eigenvalue weighted by atomic mass is 19.1. The van der Waals surface area contributed by atoms with E-state index < -0.39 is 12.1 Å². The molecule has 0 saturated carbocycles. The van der Waals surface area contributed by atoms with Crippen molar-refractivity contribution >= 4 is 11.9 Å². The first kappa shape index (κ1) is 24.2. The maximum Gasteiger partial charge on any atom is 0.255 e. The van der Waals surface area contributed by atoms with Gasteiger partial charge in [-0.1, -0.05) is 6.07 Å². The lowest BCUT2D eigenvalue weighted by Gasteiger charge is -2.37. The van der Waals surface area contributed by atoms with Crippen LogP contribution < -0.4 is 10.1 Å². The third-order valence-corrected chi connectivity index (χ3v) is 7.09. The van der Waals surface area contributed by atoms with Gasteiger partial charge in [-0.3, -0.25) is 9.69 Å². The van der Waals surface area contributed by atoms with Gasteiger partial charge in [0.15, 0.2) is 5.75 Å². The summed E-state index contributed by atoms with van der Waals surface area (Å²) in [6.07, 6.45) is 4.97. The number of ether oxygens (including phenoxy) is 1. The highest BCUT2D eigenvalue weighted by Crippen LogP contribution is 2.33. The fourth-order valence-electron chi connectivity index (χ4n) is 5.11. The monoisotopic (exact) mass is 496 g/mol. The number of benzene rings is 1. The number of hydrogen-bond donors (Lipinski definition) is 1. The molecule has 36 heavy (non-hydrogen) atoms. The largest absolute Gasteiger partial charge is 0.492 e. The Bertz CT molecular complexity index is 1270. The maximum absolute atomic E-state index is 13.9. The molecule has 4 heterocycles. The molecule has 0 bridgehead atoms. The molecule has 1 atom stereocenters. The Balaban J connectivity index is 1.48. The van der Waals surface area contributed by atoms with Crippen LogP contribution in [0.4, 0.5) is 14.7 Å². The van der Waals surface area contributed by atoms with Crippen LogP contribution in [0.15, 0.2) is 36.8 Å². The van der Waals surface area contributed by atoms with Gasteiger partial charge in [0.25, 0.3) is 11.9 Å². The van der Waals surface area contributed by atoms with Crippen molar-refractivity contribution in [2.45, 2.75) is 38.6 Å². The van der Waals surface area contributed by atoms with E-state index in [0.717, 1.165) is 22.6 Å². The summed E-state index contributed by atoms with van der Waals surface area (Å²) in [4.78, 5) is 25.8. The van der Waals surface area contributed by atoms with E-state index in [4.69, 9.17) is 4.74 Å². The first-order chi connectivity index (χ1) is 17.4. The molecule has 2 aromatic heterocycles. The number of halogens is 2. The van der Waals surface area contributed by atoms with Gasteiger partial charge >= 0.3 is 0 Å². The van der Waals surface area contributed by atoms with Crippen LogP contribution in [-0.2, 0) is 19.5 Å². The zero-order chi connectivity index (χ0) is 25.4. The number of alkyl halides is 1. The van der Waals surface area contributed by atoms with Crippen molar-refractivity contribution in [1.29, 1.82) is 0 Å². The van der Waals surface area contributed by atoms with Gasteiger partial charge < -0.3 is 19.5 Å². The van der Waals surface area contributed by atoms with Gasteiger partial charge in [-0.25, -0.2) is 14.4 Å². The van der Waals surface area contributed by atoms with E-state index in [1.807, 2.05) is 30.8 Å². The van der Waals surface area contributed by atoms with E-state index in [9.17, 15) is 13.6 Å². The maximum atomic E-state index is 13.9. The van der Waals surface area contributed by atoms with Crippen molar-refractivity contribution in [2.75, 3.05) is 39.1 Å². The first-order valence-corrected chi connectivity index (χ1v) is 12.1. The van der Waals surface area contributed by atoms with E-state index in [1.165, 1.54) is 13.3 Å². The van der Waals surface area contributed by atoms with Crippen LogP contribution in [0.2, 0.25) is 0 Å². The summed E-state index contributed by atoms with van der Waals surface area (Å²) in [6, 6.07) is 5.36. The predicted molar refractivity (Wildman–Crippen MR) is 131 cm³/mol. The van der Waals surface area contributed by atoms with Crippen molar-refractivity contribution in [3.8, 4) is 5.75 Å². The van der Waals surface area contributed by atoms with Crippen molar-refractivity contribution in [3.05, 3.63) is 70.6 Å². The number of carbonyl (C=O) groups excluding carboxylic acids is 1. The van der Waals surface area contributed by atoms with Gasteiger partial charge in [0.2, 0.25) is 5.95 Å². The molecule has 0 unspecified atom stereocenters. The molecule has 1 fully saturated rings. The summed E-state index contributed by atoms with van der Waals surface area (Å²) in [6.45, 7) is 4.43. The molecule has 10 heteroatoms. The van der Waals surface area contributed by atoms with Gasteiger partial charge in [-0.05, 0) is 47.7 Å². The normalized spacial score (nSPS) is 17.0. The van der Waals surface area contributed by atoms with Gasteiger partial charge in [0, 0.05) is 57.4 Å². The summed E-state index contributed by atoms with van der Waals surface area (Å²) in [5.41, 5.74) is 4.41. The summed E-state index contributed by atoms with van der Waals surface area (Å²) < 4.78 is 34.4. The number of rotatable bonds is 8. The number of imidazole rings is 1. The molecule has 2 aliphatic heterocycles. The molecule has 0 radical (unpaired) electrons. The Morgan fingerprint density at radius 1 is 1.22 bits per heavy atom. The van der Waals surface area contributed by atoms with Gasteiger partial charge in [0.05, 0.1) is 19.7 Å². The zero-order valence-electron chi connectivity index (χ0n) is 20.7. The number of likely N-dealkylation sites (tertiary alicyclic amines) is 1. The first-order valence-electron chi connectivity index (χ1n) is 12.1. The highest BCUT2D eigenvalue weighted by Gasteiger charge is 2.33. The molecule has 0 spiro atoms. The Kier molecular flexibility index (Phi) is 6.61. The number of hydrogen-bond acceptors (Lipinski definition) is 6. The smallest absolute Gasteiger partial charge is 0.255 e. The summed E-state index contributed by atoms with van der Waals surface area (Å²) in [7, 11) is 3.21. The van der Waals surface area contributed by atoms with Crippen LogP contribution in [0, 0.1) is 5.95 Å². The van der Waals surface area contributed by atoms with Gasteiger partial charge in [-0.15, -0.1) is 0 Å². The van der Waals surface area contributed by atoms with Gasteiger partial charge in [-0.2, -0.15) is 4.39 Å². The SMILES string of the molecule is CNc1nccn1Cc1cc(CN2CC(F)C2)c2c(c1)C(=O)N([C@@H](C)c1cnc(F)c(OC)c1)CC2. The van der Waals surface area contributed by atoms with Crippen LogP contribution in [0.5, 0.6) is 5.75 Å². The molecule has 5 rings (SSSR count). The third-order valence-electron chi connectivity index (χ3n) is 7.09. The molecule has 1 N–H and O–H groups in total. The lowest BCUT2D eigenvalue weighted by molar-refractivity contribution is 0.0579. The average Bonchev–Trinajstić information content (AvgIpc) is 3.30. The molecule has 1 saturated heterocycles. The van der Waals surface area contributed by atoms with Crippen LogP contribution in [0.25, 0.3) is 0 Å². The number of anilines is 1. The number of amides is 1. The van der Waals surface area contributed by atoms with Gasteiger partial charge in [0.1, 0.15) is 6.17 Å². The number of nitrogens with zero attached hydrogens (tertiary/aromatic N) is 5. The molecule has 3 aromatic rings. The molecule has 190 valence electrons. The lowest BCUT2D eigenvalue weighted by Crippen LogP contribution is -2.48. The predicted octanol–water partition coefficient (Wildman–Crippen LogP) is 3.43. The average molecular weight is 497 g/mol. The number of nitrogens with one attached hydrogen (secondary N) is 1. The number of aromatic nitrogens is 3. The van der Waals surface area contributed by atoms with E-state index in [-0.39, 0.29) is 17.7 Å². The Labute approximate surface area is 208 Å². The molecule has 1 aromatic carbocycles. The van der Waals surface area contributed by atoms with E-state index >= 15 is 0 Å². The van der Waals surface area contributed by atoms with E-state index in [1.54, 1.807) is 17.2 Å². The third kappa shape index (κ3) is 4.53. The molecule has 1 amide bonds.